The van der Waals surface area contributed by atoms with Crippen LogP contribution in [-0.2, 0) is 9.47 Å². The van der Waals surface area contributed by atoms with Gasteiger partial charge in [0, 0.05) is 32.8 Å². The molecule has 0 aromatic carbocycles. The highest BCUT2D eigenvalue weighted by Gasteiger charge is 2.10. The average Bonchev–Trinajstić information content (AvgIpc) is 2.27. The molecule has 4 heteroatoms. The van der Waals surface area contributed by atoms with Crippen LogP contribution in [0.15, 0.2) is 0 Å². The van der Waals surface area contributed by atoms with E-state index in [1.165, 1.54) is 0 Å². The molecule has 0 rings (SSSR count). The molecule has 4 nitrogen and oxygen atoms in total. The van der Waals surface area contributed by atoms with E-state index >= 15 is 0 Å². The third kappa shape index (κ3) is 7.73. The van der Waals surface area contributed by atoms with Crippen LogP contribution in [0.4, 0.5) is 0 Å². The molecule has 0 aliphatic rings. The average molecular weight is 218 g/mol. The van der Waals surface area contributed by atoms with Crippen molar-refractivity contribution in [3.05, 3.63) is 0 Å². The summed E-state index contributed by atoms with van der Waals surface area (Å²) in [6, 6.07) is 0.585. The second-order valence-corrected chi connectivity index (χ2v) is 3.69. The quantitative estimate of drug-likeness (QED) is 0.549. The maximum Gasteiger partial charge on any atom is 0.0594 e. The minimum atomic E-state index is 0.585. The first-order valence-corrected chi connectivity index (χ1v) is 5.77. The monoisotopic (exact) mass is 218 g/mol. The van der Waals surface area contributed by atoms with E-state index < -0.39 is 0 Å². The number of ether oxygens (including phenoxy) is 2. The molecule has 0 aromatic heterocycles. The van der Waals surface area contributed by atoms with E-state index in [4.69, 9.17) is 15.2 Å². The van der Waals surface area contributed by atoms with Gasteiger partial charge in [-0.1, -0.05) is 6.92 Å². The third-order valence-electron chi connectivity index (χ3n) is 2.58. The Kier molecular flexibility index (Phi) is 10.3. The molecule has 0 saturated heterocycles. The van der Waals surface area contributed by atoms with Gasteiger partial charge in [0.2, 0.25) is 0 Å². The van der Waals surface area contributed by atoms with Crippen molar-refractivity contribution in [2.24, 2.45) is 5.73 Å². The maximum absolute atomic E-state index is 5.38. The van der Waals surface area contributed by atoms with E-state index in [2.05, 4.69) is 18.7 Å². The number of nitrogens with zero attached hydrogens (tertiary/aromatic N) is 1. The second-order valence-electron chi connectivity index (χ2n) is 3.69. The van der Waals surface area contributed by atoms with E-state index in [1.807, 2.05) is 0 Å². The molecule has 2 N–H and O–H groups in total. The van der Waals surface area contributed by atoms with Gasteiger partial charge in [0.25, 0.3) is 0 Å². The normalized spacial score (nSPS) is 13.4. The molecule has 0 saturated carbocycles. The minimum absolute atomic E-state index is 0.585. The molecular weight excluding hydrogens is 192 g/mol. The smallest absolute Gasteiger partial charge is 0.0594 e. The predicted molar refractivity (Wildman–Crippen MR) is 63.1 cm³/mol. The SMILES string of the molecule is CCC(C)N(CCOC)CCOCCN. The van der Waals surface area contributed by atoms with Gasteiger partial charge in [-0.05, 0) is 13.3 Å². The molecule has 0 fully saturated rings. The van der Waals surface area contributed by atoms with Crippen molar-refractivity contribution in [1.82, 2.24) is 4.90 Å². The Bertz CT molecular complexity index is 134. The van der Waals surface area contributed by atoms with Crippen molar-refractivity contribution in [3.8, 4) is 0 Å². The Balaban J connectivity index is 3.69. The van der Waals surface area contributed by atoms with E-state index in [-0.39, 0.29) is 0 Å². The Labute approximate surface area is 93.7 Å². The number of methoxy groups -OCH3 is 1. The zero-order valence-corrected chi connectivity index (χ0v) is 10.4. The molecular formula is C11H26N2O2. The highest BCUT2D eigenvalue weighted by Crippen LogP contribution is 2.02. The molecule has 0 aliphatic carbocycles. The van der Waals surface area contributed by atoms with Gasteiger partial charge in [-0.3, -0.25) is 4.90 Å². The summed E-state index contributed by atoms with van der Waals surface area (Å²) < 4.78 is 10.5. The zero-order chi connectivity index (χ0) is 11.5. The number of hydrogen-bond donors (Lipinski definition) is 1. The summed E-state index contributed by atoms with van der Waals surface area (Å²) in [6.07, 6.45) is 1.15. The standard InChI is InChI=1S/C11H26N2O2/c1-4-11(2)13(6-9-14-3)7-10-15-8-5-12/h11H,4-10,12H2,1-3H3. The Morgan fingerprint density at radius 1 is 1.20 bits per heavy atom. The molecule has 1 unspecified atom stereocenters. The molecule has 1 atom stereocenters. The number of rotatable bonds is 10. The fourth-order valence-electron chi connectivity index (χ4n) is 1.39. The van der Waals surface area contributed by atoms with Gasteiger partial charge in [-0.2, -0.15) is 0 Å². The fraction of sp³-hybridized carbons (Fsp3) is 1.00. The molecule has 0 bridgehead atoms. The number of hydrogen-bond acceptors (Lipinski definition) is 4. The summed E-state index contributed by atoms with van der Waals surface area (Å²) >= 11 is 0. The minimum Gasteiger partial charge on any atom is -0.383 e. The van der Waals surface area contributed by atoms with Gasteiger partial charge < -0.3 is 15.2 Å². The van der Waals surface area contributed by atoms with E-state index in [0.29, 0.717) is 19.2 Å². The van der Waals surface area contributed by atoms with Crippen molar-refractivity contribution in [2.75, 3.05) is 46.6 Å². The van der Waals surface area contributed by atoms with Crippen LogP contribution < -0.4 is 5.73 Å². The molecule has 0 radical (unpaired) electrons. The van der Waals surface area contributed by atoms with Crippen LogP contribution >= 0.6 is 0 Å². The van der Waals surface area contributed by atoms with Gasteiger partial charge in [-0.15, -0.1) is 0 Å². The Morgan fingerprint density at radius 3 is 2.40 bits per heavy atom. The first-order chi connectivity index (χ1) is 7.26. The van der Waals surface area contributed by atoms with E-state index in [1.54, 1.807) is 7.11 Å². The maximum atomic E-state index is 5.38. The van der Waals surface area contributed by atoms with Gasteiger partial charge >= 0.3 is 0 Å². The highest BCUT2D eigenvalue weighted by atomic mass is 16.5. The molecule has 92 valence electrons. The molecule has 0 aliphatic heterocycles. The van der Waals surface area contributed by atoms with Gasteiger partial charge in [-0.25, -0.2) is 0 Å². The lowest BCUT2D eigenvalue weighted by atomic mass is 10.2. The summed E-state index contributed by atoms with van der Waals surface area (Å²) in [7, 11) is 1.74. The lowest BCUT2D eigenvalue weighted by molar-refractivity contribution is 0.0738. The van der Waals surface area contributed by atoms with E-state index in [0.717, 1.165) is 32.7 Å². The second kappa shape index (κ2) is 10.4. The zero-order valence-electron chi connectivity index (χ0n) is 10.4. The van der Waals surface area contributed by atoms with Crippen molar-refractivity contribution in [2.45, 2.75) is 26.3 Å². The Morgan fingerprint density at radius 2 is 1.87 bits per heavy atom. The predicted octanol–water partition coefficient (Wildman–Crippen LogP) is 0.709. The molecule has 0 amide bonds. The molecule has 0 spiro atoms. The topological polar surface area (TPSA) is 47.7 Å². The van der Waals surface area contributed by atoms with Crippen molar-refractivity contribution < 1.29 is 9.47 Å². The van der Waals surface area contributed by atoms with Crippen molar-refractivity contribution >= 4 is 0 Å². The fourth-order valence-corrected chi connectivity index (χ4v) is 1.39. The van der Waals surface area contributed by atoms with Gasteiger partial charge in [0.1, 0.15) is 0 Å². The summed E-state index contributed by atoms with van der Waals surface area (Å²) in [6.45, 7) is 9.15. The lowest BCUT2D eigenvalue weighted by Gasteiger charge is -2.27. The van der Waals surface area contributed by atoms with Gasteiger partial charge in [0.15, 0.2) is 0 Å². The van der Waals surface area contributed by atoms with Gasteiger partial charge in [0.05, 0.1) is 19.8 Å². The van der Waals surface area contributed by atoms with Crippen molar-refractivity contribution in [1.29, 1.82) is 0 Å². The third-order valence-corrected chi connectivity index (χ3v) is 2.58. The van der Waals surface area contributed by atoms with Crippen molar-refractivity contribution in [3.63, 3.8) is 0 Å². The van der Waals surface area contributed by atoms with Crippen LogP contribution in [-0.4, -0.2) is 57.5 Å². The summed E-state index contributed by atoms with van der Waals surface area (Å²) in [5.41, 5.74) is 5.35. The van der Waals surface area contributed by atoms with Crippen LogP contribution in [0, 0.1) is 0 Å². The summed E-state index contributed by atoms with van der Waals surface area (Å²) in [5, 5.41) is 0. The lowest BCUT2D eigenvalue weighted by Crippen LogP contribution is -2.38. The van der Waals surface area contributed by atoms with Crippen LogP contribution in [0.1, 0.15) is 20.3 Å². The van der Waals surface area contributed by atoms with Crippen LogP contribution in [0.5, 0.6) is 0 Å². The first-order valence-electron chi connectivity index (χ1n) is 5.77. The number of nitrogens with two attached hydrogens (primary N) is 1. The largest absolute Gasteiger partial charge is 0.383 e. The van der Waals surface area contributed by atoms with Crippen LogP contribution in [0.2, 0.25) is 0 Å². The molecule has 0 heterocycles. The highest BCUT2D eigenvalue weighted by molar-refractivity contribution is 4.65. The van der Waals surface area contributed by atoms with Crippen LogP contribution in [0.3, 0.4) is 0 Å². The Hall–Kier alpha value is -0.160. The summed E-state index contributed by atoms with van der Waals surface area (Å²) in [4.78, 5) is 2.39. The molecule has 15 heavy (non-hydrogen) atoms. The summed E-state index contributed by atoms with van der Waals surface area (Å²) in [5.74, 6) is 0. The van der Waals surface area contributed by atoms with Crippen LogP contribution in [0.25, 0.3) is 0 Å². The van der Waals surface area contributed by atoms with E-state index in [9.17, 15) is 0 Å². The first kappa shape index (κ1) is 14.8. The molecule has 0 aromatic rings.